The van der Waals surface area contributed by atoms with Crippen LogP contribution in [0.1, 0.15) is 16.7 Å². The molecule has 0 aliphatic carbocycles. The van der Waals surface area contributed by atoms with Crippen molar-refractivity contribution in [2.45, 2.75) is 13.8 Å². The minimum atomic E-state index is 0.548. The Bertz CT molecular complexity index is 2000. The van der Waals surface area contributed by atoms with Gasteiger partial charge in [0.2, 0.25) is 0 Å². The van der Waals surface area contributed by atoms with E-state index in [1.807, 2.05) is 78.9 Å². The predicted molar refractivity (Wildman–Crippen MR) is 165 cm³/mol. The molecule has 0 spiro atoms. The van der Waals surface area contributed by atoms with Crippen LogP contribution in [0.2, 0.25) is 0 Å². The summed E-state index contributed by atoms with van der Waals surface area (Å²) in [6, 6.07) is 41.0. The van der Waals surface area contributed by atoms with Gasteiger partial charge in [-0.1, -0.05) is 83.9 Å². The lowest BCUT2D eigenvalue weighted by molar-refractivity contribution is 1.06. The minimum absolute atomic E-state index is 0.548. The summed E-state index contributed by atoms with van der Waals surface area (Å²) in [5.74, 6) is 1.74. The van der Waals surface area contributed by atoms with E-state index in [-0.39, 0.29) is 0 Å². The van der Waals surface area contributed by atoms with Gasteiger partial charge in [0.15, 0.2) is 17.5 Å². The maximum Gasteiger partial charge on any atom is 0.166 e. The largest absolute Gasteiger partial charge is 0.308 e. The number of nitrogens with zero attached hydrogens (tertiary/aromatic N) is 5. The van der Waals surface area contributed by atoms with Gasteiger partial charge in [0.05, 0.1) is 28.4 Å². The molecule has 0 atom stereocenters. The number of nitriles is 1. The van der Waals surface area contributed by atoms with Crippen molar-refractivity contribution >= 4 is 21.8 Å². The summed E-state index contributed by atoms with van der Waals surface area (Å²) < 4.78 is 2.23. The number of rotatable bonds is 4. The average Bonchev–Trinajstić information content (AvgIpc) is 3.33. The minimum Gasteiger partial charge on any atom is -0.308 e. The van der Waals surface area contributed by atoms with Gasteiger partial charge in [0.1, 0.15) is 0 Å². The molecule has 0 amide bonds. The van der Waals surface area contributed by atoms with Crippen LogP contribution in [0.25, 0.3) is 61.7 Å². The summed E-state index contributed by atoms with van der Waals surface area (Å²) in [5.41, 5.74) is 8.57. The van der Waals surface area contributed by atoms with E-state index in [4.69, 9.17) is 15.0 Å². The highest BCUT2D eigenvalue weighted by atomic mass is 15.1. The molecule has 0 fully saturated rings. The Hall–Kier alpha value is -5.60. The first-order chi connectivity index (χ1) is 20.1. The van der Waals surface area contributed by atoms with Crippen molar-refractivity contribution in [1.29, 1.82) is 5.26 Å². The molecule has 0 aliphatic heterocycles. The highest BCUT2D eigenvalue weighted by Gasteiger charge is 2.20. The zero-order valence-electron chi connectivity index (χ0n) is 22.7. The molecule has 5 nitrogen and oxygen atoms in total. The molecule has 5 aromatic carbocycles. The van der Waals surface area contributed by atoms with Gasteiger partial charge in [0, 0.05) is 27.5 Å². The third-order valence-corrected chi connectivity index (χ3v) is 7.38. The van der Waals surface area contributed by atoms with E-state index >= 15 is 0 Å². The summed E-state index contributed by atoms with van der Waals surface area (Å²) in [4.78, 5) is 14.9. The molecule has 2 heterocycles. The normalized spacial score (nSPS) is 11.1. The zero-order chi connectivity index (χ0) is 27.9. The van der Waals surface area contributed by atoms with E-state index in [2.05, 4.69) is 60.9 Å². The molecule has 0 aliphatic rings. The molecule has 2 aromatic heterocycles. The van der Waals surface area contributed by atoms with Gasteiger partial charge in [-0.2, -0.15) is 5.26 Å². The van der Waals surface area contributed by atoms with Gasteiger partial charge < -0.3 is 4.57 Å². The molecule has 0 N–H and O–H groups in total. The van der Waals surface area contributed by atoms with Crippen LogP contribution in [-0.2, 0) is 0 Å². The summed E-state index contributed by atoms with van der Waals surface area (Å²) >= 11 is 0. The lowest BCUT2D eigenvalue weighted by Crippen LogP contribution is -2.04. The molecule has 0 saturated carbocycles. The highest BCUT2D eigenvalue weighted by molar-refractivity contribution is 6.10. The highest BCUT2D eigenvalue weighted by Crippen LogP contribution is 2.37. The standard InChI is InChI=1S/C36H25N5/c1-23-13-17-31-29(19-23)30-20-24(2)14-18-32(30)41(31)33-21-25(22-37)15-16-28(33)36-39-34(26-9-5-3-6-10-26)38-35(40-36)27-11-7-4-8-12-27/h3-21H,1-2H3. The molecular weight excluding hydrogens is 502 g/mol. The Morgan fingerprint density at radius 1 is 0.561 bits per heavy atom. The smallest absolute Gasteiger partial charge is 0.166 e. The quantitative estimate of drug-likeness (QED) is 0.230. The van der Waals surface area contributed by atoms with E-state index in [1.165, 1.54) is 21.9 Å². The van der Waals surface area contributed by atoms with Crippen LogP contribution >= 0.6 is 0 Å². The molecule has 7 aromatic rings. The monoisotopic (exact) mass is 527 g/mol. The lowest BCUT2D eigenvalue weighted by Gasteiger charge is -2.15. The van der Waals surface area contributed by atoms with E-state index in [0.717, 1.165) is 33.4 Å². The van der Waals surface area contributed by atoms with Crippen molar-refractivity contribution in [3.8, 4) is 45.9 Å². The van der Waals surface area contributed by atoms with Gasteiger partial charge in [0.25, 0.3) is 0 Å². The zero-order valence-corrected chi connectivity index (χ0v) is 22.7. The SMILES string of the molecule is Cc1ccc2c(c1)c1cc(C)ccc1n2-c1cc(C#N)ccc1-c1nc(-c2ccccc2)nc(-c2ccccc2)n1. The van der Waals surface area contributed by atoms with Crippen LogP contribution in [0.3, 0.4) is 0 Å². The Kier molecular flexibility index (Phi) is 5.88. The van der Waals surface area contributed by atoms with Gasteiger partial charge >= 0.3 is 0 Å². The van der Waals surface area contributed by atoms with Gasteiger partial charge in [-0.05, 0) is 56.3 Å². The molecule has 0 saturated heterocycles. The summed E-state index contributed by atoms with van der Waals surface area (Å²) in [5, 5.41) is 12.2. The van der Waals surface area contributed by atoms with Gasteiger partial charge in [-0.15, -0.1) is 0 Å². The summed E-state index contributed by atoms with van der Waals surface area (Å²) in [7, 11) is 0. The number of benzene rings is 5. The second-order valence-electron chi connectivity index (χ2n) is 10.3. The first-order valence-corrected chi connectivity index (χ1v) is 13.5. The lowest BCUT2D eigenvalue weighted by atomic mass is 10.1. The molecule has 7 rings (SSSR count). The van der Waals surface area contributed by atoms with Gasteiger partial charge in [-0.25, -0.2) is 15.0 Å². The molecule has 0 radical (unpaired) electrons. The molecule has 194 valence electrons. The first kappa shape index (κ1) is 24.4. The van der Waals surface area contributed by atoms with E-state index < -0.39 is 0 Å². The summed E-state index contributed by atoms with van der Waals surface area (Å²) in [6.45, 7) is 4.22. The van der Waals surface area contributed by atoms with Crippen LogP contribution in [0.4, 0.5) is 0 Å². The van der Waals surface area contributed by atoms with Crippen molar-refractivity contribution in [3.05, 3.63) is 132 Å². The van der Waals surface area contributed by atoms with Crippen LogP contribution < -0.4 is 0 Å². The van der Waals surface area contributed by atoms with Crippen molar-refractivity contribution in [3.63, 3.8) is 0 Å². The Morgan fingerprint density at radius 2 is 1.07 bits per heavy atom. The van der Waals surface area contributed by atoms with E-state index in [1.54, 1.807) is 0 Å². The maximum absolute atomic E-state index is 9.91. The fourth-order valence-corrected chi connectivity index (χ4v) is 5.41. The second-order valence-corrected chi connectivity index (χ2v) is 10.3. The third kappa shape index (κ3) is 4.32. The van der Waals surface area contributed by atoms with E-state index in [0.29, 0.717) is 23.0 Å². The van der Waals surface area contributed by atoms with Crippen molar-refractivity contribution in [1.82, 2.24) is 19.5 Å². The fraction of sp³-hybridized carbons (Fsp3) is 0.0556. The Morgan fingerprint density at radius 3 is 1.59 bits per heavy atom. The first-order valence-electron chi connectivity index (χ1n) is 13.5. The topological polar surface area (TPSA) is 67.4 Å². The van der Waals surface area contributed by atoms with Crippen molar-refractivity contribution in [2.75, 3.05) is 0 Å². The average molecular weight is 528 g/mol. The number of aryl methyl sites for hydroxylation is 2. The van der Waals surface area contributed by atoms with E-state index in [9.17, 15) is 5.26 Å². The van der Waals surface area contributed by atoms with Crippen molar-refractivity contribution < 1.29 is 0 Å². The molecule has 0 unspecified atom stereocenters. The van der Waals surface area contributed by atoms with Crippen LogP contribution in [0.15, 0.2) is 115 Å². The fourth-order valence-electron chi connectivity index (χ4n) is 5.41. The predicted octanol–water partition coefficient (Wildman–Crippen LogP) is 8.46. The van der Waals surface area contributed by atoms with Crippen LogP contribution in [0.5, 0.6) is 0 Å². The molecule has 41 heavy (non-hydrogen) atoms. The van der Waals surface area contributed by atoms with Gasteiger partial charge in [-0.3, -0.25) is 0 Å². The number of hydrogen-bond acceptors (Lipinski definition) is 4. The number of hydrogen-bond donors (Lipinski definition) is 0. The molecule has 5 heteroatoms. The molecular formula is C36H25N5. The number of aromatic nitrogens is 4. The Labute approximate surface area is 238 Å². The maximum atomic E-state index is 9.91. The van der Waals surface area contributed by atoms with Crippen LogP contribution in [0, 0.1) is 25.2 Å². The summed E-state index contributed by atoms with van der Waals surface area (Å²) in [6.07, 6.45) is 0. The second kappa shape index (κ2) is 9.86. The van der Waals surface area contributed by atoms with Crippen LogP contribution in [-0.4, -0.2) is 19.5 Å². The molecule has 0 bridgehead atoms. The third-order valence-electron chi connectivity index (χ3n) is 7.38. The Balaban J connectivity index is 1.56. The number of fused-ring (bicyclic) bond motifs is 3. The van der Waals surface area contributed by atoms with Crippen molar-refractivity contribution in [2.24, 2.45) is 0 Å².